The number of piperidine rings is 1. The monoisotopic (exact) mass is 564 g/mol. The van der Waals surface area contributed by atoms with E-state index in [-0.39, 0.29) is 35.8 Å². The normalized spacial score (nSPS) is 23.4. The predicted molar refractivity (Wildman–Crippen MR) is 137 cm³/mol. The van der Waals surface area contributed by atoms with Crippen molar-refractivity contribution in [1.82, 2.24) is 15.5 Å². The van der Waals surface area contributed by atoms with Crippen LogP contribution in [0.2, 0.25) is 0 Å². The van der Waals surface area contributed by atoms with Gasteiger partial charge in [-0.2, -0.15) is 0 Å². The molecule has 0 saturated carbocycles. The first-order valence-electron chi connectivity index (χ1n) is 11.1. The Balaban J connectivity index is 0.00000341. The molecule has 0 radical (unpaired) electrons. The number of nitrogens with one attached hydrogen (secondary N) is 2. The number of guanidine groups is 1. The van der Waals surface area contributed by atoms with Crippen molar-refractivity contribution >= 4 is 39.8 Å². The zero-order valence-corrected chi connectivity index (χ0v) is 21.8. The number of nitrogens with zero attached hydrogens (tertiary/aromatic N) is 2. The van der Waals surface area contributed by atoms with Gasteiger partial charge in [-0.05, 0) is 31.7 Å². The maximum Gasteiger partial charge on any atom is 0.191 e. The molecule has 0 amide bonds. The van der Waals surface area contributed by atoms with E-state index in [0.29, 0.717) is 18.5 Å². The summed E-state index contributed by atoms with van der Waals surface area (Å²) in [4.78, 5) is 7.11. The highest BCUT2D eigenvalue weighted by Gasteiger charge is 2.29. The maximum absolute atomic E-state index is 11.4. The number of benzene rings is 1. The lowest BCUT2D eigenvalue weighted by atomic mass is 9.95. The number of hydrogen-bond donors (Lipinski definition) is 2. The third-order valence-electron chi connectivity index (χ3n) is 5.88. The van der Waals surface area contributed by atoms with Crippen LogP contribution in [0.3, 0.4) is 0 Å². The van der Waals surface area contributed by atoms with Gasteiger partial charge in [0.2, 0.25) is 0 Å². The number of aliphatic imine (C=N–C) groups is 1. The molecule has 3 rings (SSSR count). The SMILES string of the molecule is CCNC(=NCC1CCOC1c1ccccc1)NC1CCN(CCS(C)(=O)=O)CC1.I. The number of hydrogen-bond acceptors (Lipinski definition) is 5. The highest BCUT2D eigenvalue weighted by atomic mass is 127. The predicted octanol–water partition coefficient (Wildman–Crippen LogP) is 2.45. The third kappa shape index (κ3) is 8.86. The maximum atomic E-state index is 11.4. The van der Waals surface area contributed by atoms with Crippen LogP contribution in [0.25, 0.3) is 0 Å². The Kier molecular flexibility index (Phi) is 11.0. The molecule has 9 heteroatoms. The summed E-state index contributed by atoms with van der Waals surface area (Å²) in [7, 11) is -2.90. The van der Waals surface area contributed by atoms with Gasteiger partial charge in [0.15, 0.2) is 5.96 Å². The molecule has 7 nitrogen and oxygen atoms in total. The van der Waals surface area contributed by atoms with Gasteiger partial charge >= 0.3 is 0 Å². The highest BCUT2D eigenvalue weighted by molar-refractivity contribution is 14.0. The lowest BCUT2D eigenvalue weighted by Gasteiger charge is -2.33. The fraction of sp³-hybridized carbons (Fsp3) is 0.682. The molecule has 1 aromatic rings. The Hall–Kier alpha value is -0.910. The average Bonchev–Trinajstić information content (AvgIpc) is 3.20. The van der Waals surface area contributed by atoms with Crippen LogP contribution in [0.1, 0.15) is 37.9 Å². The quantitative estimate of drug-likeness (QED) is 0.287. The summed E-state index contributed by atoms with van der Waals surface area (Å²) in [5, 5.41) is 6.95. The second kappa shape index (κ2) is 13.0. The Morgan fingerprint density at radius 1 is 1.19 bits per heavy atom. The summed E-state index contributed by atoms with van der Waals surface area (Å²) >= 11 is 0. The van der Waals surface area contributed by atoms with Crippen LogP contribution in [0.4, 0.5) is 0 Å². The summed E-state index contributed by atoms with van der Waals surface area (Å²) in [5.41, 5.74) is 1.23. The van der Waals surface area contributed by atoms with Gasteiger partial charge in [-0.25, -0.2) is 8.42 Å². The minimum absolute atomic E-state index is 0. The van der Waals surface area contributed by atoms with Crippen LogP contribution < -0.4 is 10.6 Å². The molecular formula is C22H37IN4O3S. The van der Waals surface area contributed by atoms with E-state index in [4.69, 9.17) is 9.73 Å². The van der Waals surface area contributed by atoms with Crippen molar-refractivity contribution < 1.29 is 13.2 Å². The van der Waals surface area contributed by atoms with Crippen LogP contribution in [0, 0.1) is 5.92 Å². The molecule has 2 N–H and O–H groups in total. The largest absolute Gasteiger partial charge is 0.373 e. The lowest BCUT2D eigenvalue weighted by molar-refractivity contribution is 0.0925. The molecule has 2 unspecified atom stereocenters. The van der Waals surface area contributed by atoms with E-state index in [1.165, 1.54) is 11.8 Å². The van der Waals surface area contributed by atoms with Crippen molar-refractivity contribution in [2.75, 3.05) is 51.3 Å². The molecule has 1 aromatic carbocycles. The van der Waals surface area contributed by atoms with Crippen molar-refractivity contribution in [2.24, 2.45) is 10.9 Å². The highest BCUT2D eigenvalue weighted by Crippen LogP contribution is 2.34. The fourth-order valence-electron chi connectivity index (χ4n) is 4.15. The molecule has 176 valence electrons. The van der Waals surface area contributed by atoms with E-state index >= 15 is 0 Å². The van der Waals surface area contributed by atoms with Crippen molar-refractivity contribution in [1.29, 1.82) is 0 Å². The zero-order chi connectivity index (χ0) is 21.4. The van der Waals surface area contributed by atoms with E-state index in [0.717, 1.165) is 58.0 Å². The molecular weight excluding hydrogens is 527 g/mol. The molecule has 2 heterocycles. The van der Waals surface area contributed by atoms with Crippen molar-refractivity contribution in [3.05, 3.63) is 35.9 Å². The van der Waals surface area contributed by atoms with Crippen LogP contribution in [0.5, 0.6) is 0 Å². The molecule has 2 atom stereocenters. The van der Waals surface area contributed by atoms with Gasteiger partial charge in [-0.1, -0.05) is 30.3 Å². The van der Waals surface area contributed by atoms with E-state index in [2.05, 4.69) is 46.7 Å². The topological polar surface area (TPSA) is 83.0 Å². The number of likely N-dealkylation sites (tertiary alicyclic amines) is 1. The average molecular weight is 565 g/mol. The minimum atomic E-state index is -2.90. The fourth-order valence-corrected chi connectivity index (χ4v) is 4.74. The first kappa shape index (κ1) is 26.3. The Morgan fingerprint density at radius 3 is 2.55 bits per heavy atom. The summed E-state index contributed by atoms with van der Waals surface area (Å²) in [6.07, 6.45) is 4.44. The van der Waals surface area contributed by atoms with Crippen LogP contribution in [-0.4, -0.2) is 76.7 Å². The Labute approximate surface area is 204 Å². The van der Waals surface area contributed by atoms with Gasteiger partial charge in [-0.3, -0.25) is 4.99 Å². The Bertz CT molecular complexity index is 783. The molecule has 0 aromatic heterocycles. The summed E-state index contributed by atoms with van der Waals surface area (Å²) < 4.78 is 28.8. The van der Waals surface area contributed by atoms with E-state index < -0.39 is 9.84 Å². The van der Waals surface area contributed by atoms with Crippen molar-refractivity contribution in [2.45, 2.75) is 38.3 Å². The van der Waals surface area contributed by atoms with E-state index in [1.54, 1.807) is 0 Å². The molecule has 2 aliphatic heterocycles. The molecule has 31 heavy (non-hydrogen) atoms. The Morgan fingerprint density at radius 2 is 1.90 bits per heavy atom. The van der Waals surface area contributed by atoms with E-state index in [1.807, 2.05) is 6.07 Å². The van der Waals surface area contributed by atoms with Gasteiger partial charge in [0.25, 0.3) is 0 Å². The standard InChI is InChI=1S/C22H36N4O3S.HI/c1-3-23-22(25-20-9-12-26(13-10-20)14-16-30(2,27)28)24-17-19-11-15-29-21(19)18-7-5-4-6-8-18;/h4-8,19-21H,3,9-17H2,1-2H3,(H2,23,24,25);1H. The molecule has 0 spiro atoms. The first-order chi connectivity index (χ1) is 14.4. The molecule has 2 fully saturated rings. The lowest BCUT2D eigenvalue weighted by Crippen LogP contribution is -2.49. The van der Waals surface area contributed by atoms with Gasteiger partial charge in [0, 0.05) is 57.5 Å². The molecule has 0 bridgehead atoms. The third-order valence-corrected chi connectivity index (χ3v) is 6.80. The van der Waals surface area contributed by atoms with Crippen LogP contribution in [-0.2, 0) is 14.6 Å². The van der Waals surface area contributed by atoms with Crippen molar-refractivity contribution in [3.63, 3.8) is 0 Å². The first-order valence-corrected chi connectivity index (χ1v) is 13.1. The minimum Gasteiger partial charge on any atom is -0.373 e. The zero-order valence-electron chi connectivity index (χ0n) is 18.6. The van der Waals surface area contributed by atoms with Crippen LogP contribution in [0.15, 0.2) is 35.3 Å². The summed E-state index contributed by atoms with van der Waals surface area (Å²) in [6, 6.07) is 10.8. The molecule has 2 saturated heterocycles. The van der Waals surface area contributed by atoms with E-state index in [9.17, 15) is 8.42 Å². The summed E-state index contributed by atoms with van der Waals surface area (Å²) in [5.74, 6) is 1.49. The molecule has 2 aliphatic rings. The number of rotatable bonds is 8. The second-order valence-electron chi connectivity index (χ2n) is 8.36. The second-order valence-corrected chi connectivity index (χ2v) is 10.6. The van der Waals surface area contributed by atoms with Gasteiger partial charge in [0.1, 0.15) is 9.84 Å². The number of sulfone groups is 1. The van der Waals surface area contributed by atoms with Crippen LogP contribution >= 0.6 is 24.0 Å². The van der Waals surface area contributed by atoms with Gasteiger partial charge < -0.3 is 20.3 Å². The number of ether oxygens (including phenoxy) is 1. The van der Waals surface area contributed by atoms with Crippen molar-refractivity contribution in [3.8, 4) is 0 Å². The summed E-state index contributed by atoms with van der Waals surface area (Å²) in [6.45, 7) is 6.89. The van der Waals surface area contributed by atoms with Gasteiger partial charge in [-0.15, -0.1) is 24.0 Å². The van der Waals surface area contributed by atoms with Gasteiger partial charge in [0.05, 0.1) is 11.9 Å². The molecule has 0 aliphatic carbocycles. The smallest absolute Gasteiger partial charge is 0.191 e. The number of halogens is 1.